The van der Waals surface area contributed by atoms with Crippen molar-refractivity contribution in [3.63, 3.8) is 0 Å². The average Bonchev–Trinajstić information content (AvgIpc) is 2.94. The van der Waals surface area contributed by atoms with E-state index >= 15 is 0 Å². The maximum atomic E-state index is 12.5. The molecule has 3 aromatic rings. The van der Waals surface area contributed by atoms with Gasteiger partial charge >= 0.3 is 0 Å². The van der Waals surface area contributed by atoms with Gasteiger partial charge in [-0.2, -0.15) is 5.10 Å². The second kappa shape index (κ2) is 5.21. The molecule has 0 fully saturated rings. The van der Waals surface area contributed by atoms with Crippen LogP contribution in [0.15, 0.2) is 53.1 Å². The van der Waals surface area contributed by atoms with Gasteiger partial charge in [0.25, 0.3) is 0 Å². The summed E-state index contributed by atoms with van der Waals surface area (Å²) < 4.78 is 2.75. The predicted molar refractivity (Wildman–Crippen MR) is 83.0 cm³/mol. The van der Waals surface area contributed by atoms with Crippen LogP contribution >= 0.6 is 15.9 Å². The van der Waals surface area contributed by atoms with Crippen LogP contribution in [0.4, 0.5) is 0 Å². The van der Waals surface area contributed by atoms with E-state index in [9.17, 15) is 4.79 Å². The van der Waals surface area contributed by atoms with Crippen LogP contribution < -0.4 is 0 Å². The minimum absolute atomic E-state index is 0.00849. The van der Waals surface area contributed by atoms with Crippen molar-refractivity contribution in [3.05, 3.63) is 64.4 Å². The second-order valence-corrected chi connectivity index (χ2v) is 5.48. The monoisotopic (exact) mass is 328 g/mol. The van der Waals surface area contributed by atoms with Crippen molar-refractivity contribution in [2.24, 2.45) is 0 Å². The number of nitrogens with zero attached hydrogens (tertiary/aromatic N) is 2. The van der Waals surface area contributed by atoms with E-state index in [0.717, 1.165) is 15.2 Å². The fourth-order valence-electron chi connectivity index (χ4n) is 2.28. The lowest BCUT2D eigenvalue weighted by Gasteiger charge is -2.05. The molecule has 0 aliphatic heterocycles. The fraction of sp³-hybridized carbons (Fsp3) is 0.125. The van der Waals surface area contributed by atoms with Crippen LogP contribution in [-0.4, -0.2) is 15.6 Å². The highest BCUT2D eigenvalue weighted by Crippen LogP contribution is 2.22. The molecule has 0 atom stereocenters. The molecule has 0 amide bonds. The summed E-state index contributed by atoms with van der Waals surface area (Å²) in [7, 11) is 0. The Hall–Kier alpha value is -1.94. The molecule has 0 N–H and O–H groups in total. The van der Waals surface area contributed by atoms with E-state index in [0.29, 0.717) is 17.8 Å². The lowest BCUT2D eigenvalue weighted by Crippen LogP contribution is -2.10. The molecule has 3 rings (SSSR count). The molecule has 3 nitrogen and oxygen atoms in total. The Balaban J connectivity index is 2.06. The first kappa shape index (κ1) is 13.1. The van der Waals surface area contributed by atoms with Gasteiger partial charge in [-0.1, -0.05) is 34.1 Å². The van der Waals surface area contributed by atoms with Crippen molar-refractivity contribution < 1.29 is 4.79 Å². The molecule has 1 heterocycles. The summed E-state index contributed by atoms with van der Waals surface area (Å²) in [6, 6.07) is 13.6. The molecule has 20 heavy (non-hydrogen) atoms. The van der Waals surface area contributed by atoms with E-state index < -0.39 is 0 Å². The largest absolute Gasteiger partial charge is 0.287 e. The van der Waals surface area contributed by atoms with Crippen molar-refractivity contribution in [2.45, 2.75) is 13.5 Å². The van der Waals surface area contributed by atoms with Crippen LogP contribution in [0.3, 0.4) is 0 Å². The van der Waals surface area contributed by atoms with E-state index in [1.54, 1.807) is 16.9 Å². The van der Waals surface area contributed by atoms with Crippen LogP contribution in [-0.2, 0) is 6.54 Å². The van der Waals surface area contributed by atoms with Crippen molar-refractivity contribution in [1.82, 2.24) is 9.78 Å². The Morgan fingerprint density at radius 2 is 1.90 bits per heavy atom. The summed E-state index contributed by atoms with van der Waals surface area (Å²) in [6.07, 6.45) is 1.66. The van der Waals surface area contributed by atoms with Crippen LogP contribution in [0, 0.1) is 0 Å². The molecule has 0 saturated heterocycles. The van der Waals surface area contributed by atoms with E-state index in [1.165, 1.54) is 0 Å². The number of fused-ring (bicyclic) bond motifs is 1. The van der Waals surface area contributed by atoms with Gasteiger partial charge in [-0.25, -0.2) is 0 Å². The number of carbonyl (C=O) groups is 1. The Labute approximate surface area is 125 Å². The zero-order valence-corrected chi connectivity index (χ0v) is 12.6. The number of benzene rings is 2. The SMILES string of the molecule is CCn1nccc1C(=O)c1ccc2cc(Br)ccc2c1. The Kier molecular flexibility index (Phi) is 3.40. The van der Waals surface area contributed by atoms with Gasteiger partial charge in [0, 0.05) is 22.8 Å². The average molecular weight is 329 g/mol. The van der Waals surface area contributed by atoms with Crippen molar-refractivity contribution in [2.75, 3.05) is 0 Å². The molecular weight excluding hydrogens is 316 g/mol. The zero-order chi connectivity index (χ0) is 14.1. The Morgan fingerprint density at radius 3 is 2.70 bits per heavy atom. The molecular formula is C16H13BrN2O. The summed E-state index contributed by atoms with van der Waals surface area (Å²) in [6.45, 7) is 2.66. The molecule has 0 bridgehead atoms. The van der Waals surface area contributed by atoms with E-state index in [-0.39, 0.29) is 5.78 Å². The first-order chi connectivity index (χ1) is 9.69. The van der Waals surface area contributed by atoms with Gasteiger partial charge in [-0.3, -0.25) is 9.48 Å². The van der Waals surface area contributed by atoms with Gasteiger partial charge in [0.1, 0.15) is 5.69 Å². The molecule has 100 valence electrons. The summed E-state index contributed by atoms with van der Waals surface area (Å²) in [5.74, 6) is 0.00849. The van der Waals surface area contributed by atoms with Gasteiger partial charge in [0.15, 0.2) is 0 Å². The molecule has 0 aliphatic rings. The highest BCUT2D eigenvalue weighted by molar-refractivity contribution is 9.10. The molecule has 0 saturated carbocycles. The fourth-order valence-corrected chi connectivity index (χ4v) is 2.66. The van der Waals surface area contributed by atoms with E-state index in [1.807, 2.05) is 43.3 Å². The lowest BCUT2D eigenvalue weighted by atomic mass is 10.0. The molecule has 0 aliphatic carbocycles. The molecule has 1 aromatic heterocycles. The first-order valence-corrected chi connectivity index (χ1v) is 7.24. The normalized spacial score (nSPS) is 10.9. The quantitative estimate of drug-likeness (QED) is 0.680. The summed E-state index contributed by atoms with van der Waals surface area (Å²) in [5.41, 5.74) is 1.32. The minimum Gasteiger partial charge on any atom is -0.287 e. The van der Waals surface area contributed by atoms with Crippen molar-refractivity contribution in [3.8, 4) is 0 Å². The number of rotatable bonds is 3. The smallest absolute Gasteiger partial charge is 0.211 e. The second-order valence-electron chi connectivity index (χ2n) is 4.57. The molecule has 2 aromatic carbocycles. The number of halogens is 1. The summed E-state index contributed by atoms with van der Waals surface area (Å²) >= 11 is 3.45. The number of aromatic nitrogens is 2. The standard InChI is InChI=1S/C16H13BrN2O/c1-2-19-15(7-8-18-19)16(20)13-4-3-12-10-14(17)6-5-11(12)9-13/h3-10H,2H2,1H3. The zero-order valence-electron chi connectivity index (χ0n) is 11.0. The third-order valence-corrected chi connectivity index (χ3v) is 3.81. The van der Waals surface area contributed by atoms with Gasteiger partial charge in [-0.05, 0) is 42.0 Å². The third-order valence-electron chi connectivity index (χ3n) is 3.31. The van der Waals surface area contributed by atoms with E-state index in [4.69, 9.17) is 0 Å². The number of ketones is 1. The Morgan fingerprint density at radius 1 is 1.15 bits per heavy atom. The highest BCUT2D eigenvalue weighted by atomic mass is 79.9. The molecule has 0 radical (unpaired) electrons. The Bertz CT molecular complexity index is 792. The van der Waals surface area contributed by atoms with Gasteiger partial charge in [-0.15, -0.1) is 0 Å². The van der Waals surface area contributed by atoms with Crippen molar-refractivity contribution in [1.29, 1.82) is 0 Å². The molecule has 0 spiro atoms. The van der Waals surface area contributed by atoms with Crippen LogP contribution in [0.25, 0.3) is 10.8 Å². The van der Waals surface area contributed by atoms with Gasteiger partial charge in [0.05, 0.1) is 0 Å². The van der Waals surface area contributed by atoms with Crippen LogP contribution in [0.1, 0.15) is 23.0 Å². The number of aryl methyl sites for hydroxylation is 1. The number of hydrogen-bond acceptors (Lipinski definition) is 2. The third kappa shape index (κ3) is 2.27. The minimum atomic E-state index is 0.00849. The molecule has 0 unspecified atom stereocenters. The predicted octanol–water partition coefficient (Wildman–Crippen LogP) is 4.05. The van der Waals surface area contributed by atoms with Crippen molar-refractivity contribution >= 4 is 32.5 Å². The topological polar surface area (TPSA) is 34.9 Å². The van der Waals surface area contributed by atoms with Crippen LogP contribution in [0.5, 0.6) is 0 Å². The highest BCUT2D eigenvalue weighted by Gasteiger charge is 2.14. The summed E-state index contributed by atoms with van der Waals surface area (Å²) in [4.78, 5) is 12.5. The molecule has 4 heteroatoms. The van der Waals surface area contributed by atoms with Gasteiger partial charge < -0.3 is 0 Å². The van der Waals surface area contributed by atoms with Crippen LogP contribution in [0.2, 0.25) is 0 Å². The lowest BCUT2D eigenvalue weighted by molar-refractivity contribution is 0.102. The number of carbonyl (C=O) groups excluding carboxylic acids is 1. The number of hydrogen-bond donors (Lipinski definition) is 0. The first-order valence-electron chi connectivity index (χ1n) is 6.45. The van der Waals surface area contributed by atoms with E-state index in [2.05, 4.69) is 21.0 Å². The van der Waals surface area contributed by atoms with Gasteiger partial charge in [0.2, 0.25) is 5.78 Å². The summed E-state index contributed by atoms with van der Waals surface area (Å²) in [5, 5.41) is 6.31. The maximum absolute atomic E-state index is 12.5. The maximum Gasteiger partial charge on any atom is 0.211 e.